The van der Waals surface area contributed by atoms with Crippen LogP contribution in [0.1, 0.15) is 16.8 Å². The largest absolute Gasteiger partial charge is 0.461 e. The molecule has 0 aliphatic carbocycles. The molecule has 0 atom stereocenters. The van der Waals surface area contributed by atoms with Crippen LogP contribution in [0.15, 0.2) is 12.1 Å². The van der Waals surface area contributed by atoms with E-state index >= 15 is 0 Å². The number of nitrogens with one attached hydrogen (secondary N) is 1. The van der Waals surface area contributed by atoms with E-state index in [9.17, 15) is 18.4 Å². The van der Waals surface area contributed by atoms with Gasteiger partial charge in [0.25, 0.3) is 0 Å². The minimum Gasteiger partial charge on any atom is -0.461 e. The third-order valence-electron chi connectivity index (χ3n) is 2.15. The molecule has 0 aliphatic rings. The summed E-state index contributed by atoms with van der Waals surface area (Å²) in [4.78, 5) is 22.2. The van der Waals surface area contributed by atoms with Gasteiger partial charge in [-0.3, -0.25) is 4.79 Å². The first kappa shape index (κ1) is 13.9. The van der Waals surface area contributed by atoms with Crippen LogP contribution in [0.25, 0.3) is 0 Å². The highest BCUT2D eigenvalue weighted by Gasteiger charge is 2.16. The van der Waals surface area contributed by atoms with Crippen molar-refractivity contribution < 1.29 is 23.1 Å². The molecule has 5 nitrogen and oxygen atoms in total. The molecule has 1 rings (SSSR count). The van der Waals surface area contributed by atoms with Crippen molar-refractivity contribution in [3.8, 4) is 0 Å². The van der Waals surface area contributed by atoms with E-state index < -0.39 is 28.9 Å². The second-order valence-corrected chi connectivity index (χ2v) is 3.41. The summed E-state index contributed by atoms with van der Waals surface area (Å²) >= 11 is 0. The molecule has 0 aromatic heterocycles. The minimum absolute atomic E-state index is 0.0543. The Morgan fingerprint density at radius 2 is 2.00 bits per heavy atom. The van der Waals surface area contributed by atoms with E-state index in [1.54, 1.807) is 0 Å². The van der Waals surface area contributed by atoms with Crippen molar-refractivity contribution in [3.63, 3.8) is 0 Å². The first-order chi connectivity index (χ1) is 8.45. The zero-order chi connectivity index (χ0) is 13.7. The van der Waals surface area contributed by atoms with Gasteiger partial charge in [0.05, 0.1) is 17.7 Å². The van der Waals surface area contributed by atoms with Gasteiger partial charge in [-0.15, -0.1) is 0 Å². The van der Waals surface area contributed by atoms with Gasteiger partial charge in [-0.2, -0.15) is 0 Å². The van der Waals surface area contributed by atoms with Gasteiger partial charge in [0.1, 0.15) is 18.2 Å². The van der Waals surface area contributed by atoms with Gasteiger partial charge in [-0.25, -0.2) is 13.6 Å². The average molecular weight is 258 g/mol. The number of halogens is 2. The Morgan fingerprint density at radius 1 is 1.33 bits per heavy atom. The van der Waals surface area contributed by atoms with E-state index in [0.29, 0.717) is 12.1 Å². The molecule has 18 heavy (non-hydrogen) atoms. The van der Waals surface area contributed by atoms with Crippen LogP contribution >= 0.6 is 0 Å². The van der Waals surface area contributed by atoms with Crippen molar-refractivity contribution in [2.24, 2.45) is 0 Å². The van der Waals surface area contributed by atoms with Crippen LogP contribution in [0.3, 0.4) is 0 Å². The first-order valence-electron chi connectivity index (χ1n) is 5.08. The molecule has 0 heterocycles. The number of esters is 1. The monoisotopic (exact) mass is 258 g/mol. The predicted molar refractivity (Wildman–Crippen MR) is 59.7 cm³/mol. The maximum atomic E-state index is 13.3. The number of hydrogen-bond acceptors (Lipinski definition) is 4. The number of nitrogen functional groups attached to an aromatic ring is 1. The van der Waals surface area contributed by atoms with E-state index in [0.717, 1.165) is 0 Å². The molecular formula is C11H12F2N2O3. The number of anilines is 1. The van der Waals surface area contributed by atoms with Gasteiger partial charge in [0.15, 0.2) is 0 Å². The molecule has 7 heteroatoms. The highest BCUT2D eigenvalue weighted by atomic mass is 19.1. The van der Waals surface area contributed by atoms with Crippen molar-refractivity contribution >= 4 is 17.6 Å². The molecule has 0 unspecified atom stereocenters. The molecule has 0 bridgehead atoms. The zero-order valence-electron chi connectivity index (χ0n) is 9.63. The van der Waals surface area contributed by atoms with Crippen molar-refractivity contribution in [3.05, 3.63) is 29.3 Å². The number of rotatable bonds is 4. The Morgan fingerprint density at radius 3 is 2.61 bits per heavy atom. The lowest BCUT2D eigenvalue weighted by molar-refractivity contribution is -0.121. The number of ether oxygens (including phenoxy) is 1. The molecule has 0 aliphatic heterocycles. The maximum absolute atomic E-state index is 13.3. The number of hydrogen-bond donors (Lipinski definition) is 2. The van der Waals surface area contributed by atoms with E-state index in [1.807, 2.05) is 0 Å². The van der Waals surface area contributed by atoms with Crippen LogP contribution in [0.4, 0.5) is 14.5 Å². The minimum atomic E-state index is -1.05. The van der Waals surface area contributed by atoms with Crippen LogP contribution < -0.4 is 11.1 Å². The quantitative estimate of drug-likeness (QED) is 0.619. The molecule has 1 aromatic carbocycles. The highest BCUT2D eigenvalue weighted by Crippen LogP contribution is 2.17. The van der Waals surface area contributed by atoms with Crippen molar-refractivity contribution in [1.82, 2.24) is 5.32 Å². The third kappa shape index (κ3) is 3.41. The summed E-state index contributed by atoms with van der Waals surface area (Å²) in [6.45, 7) is -0.218. The molecule has 3 N–H and O–H groups in total. The summed E-state index contributed by atoms with van der Waals surface area (Å²) in [6.07, 6.45) is -0.0543. The highest BCUT2D eigenvalue weighted by molar-refractivity contribution is 5.90. The molecule has 0 spiro atoms. The smallest absolute Gasteiger partial charge is 0.341 e. The fraction of sp³-hybridized carbons (Fsp3) is 0.273. The zero-order valence-corrected chi connectivity index (χ0v) is 9.63. The van der Waals surface area contributed by atoms with Gasteiger partial charge in [-0.05, 0) is 6.07 Å². The molecule has 0 fully saturated rings. The maximum Gasteiger partial charge on any atom is 0.341 e. The van der Waals surface area contributed by atoms with Gasteiger partial charge in [-0.1, -0.05) is 0 Å². The molecule has 98 valence electrons. The Kier molecular flexibility index (Phi) is 4.59. The molecule has 1 aromatic rings. The summed E-state index contributed by atoms with van der Waals surface area (Å²) in [5.41, 5.74) is 4.18. The van der Waals surface area contributed by atoms with E-state index in [-0.39, 0.29) is 18.9 Å². The predicted octanol–water partition coefficient (Wildman–Crippen LogP) is 0.840. The average Bonchev–Trinajstić information content (AvgIpc) is 2.33. The van der Waals surface area contributed by atoms with E-state index in [1.165, 1.54) is 7.05 Å². The van der Waals surface area contributed by atoms with E-state index in [2.05, 4.69) is 10.1 Å². The molecule has 0 saturated heterocycles. The van der Waals surface area contributed by atoms with Crippen LogP contribution in [-0.4, -0.2) is 25.5 Å². The van der Waals surface area contributed by atoms with Gasteiger partial charge < -0.3 is 15.8 Å². The van der Waals surface area contributed by atoms with E-state index in [4.69, 9.17) is 5.73 Å². The van der Waals surface area contributed by atoms with Crippen molar-refractivity contribution in [2.45, 2.75) is 6.42 Å². The lowest BCUT2D eigenvalue weighted by atomic mass is 10.2. The van der Waals surface area contributed by atoms with Crippen LogP contribution in [0.5, 0.6) is 0 Å². The standard InChI is InChI=1S/C11H12F2N2O3/c1-15-10(16)2-3-18-11(17)6-4-8(13)9(14)5-7(6)12/h4-5H,2-3,14H2,1H3,(H,15,16). The number of nitrogens with two attached hydrogens (primary N) is 1. The van der Waals surface area contributed by atoms with Crippen LogP contribution in [0.2, 0.25) is 0 Å². The van der Waals surface area contributed by atoms with Crippen LogP contribution in [-0.2, 0) is 9.53 Å². The summed E-state index contributed by atoms with van der Waals surface area (Å²) in [6, 6.07) is 1.36. The first-order valence-corrected chi connectivity index (χ1v) is 5.08. The molecular weight excluding hydrogens is 246 g/mol. The number of carbonyl (C=O) groups is 2. The van der Waals surface area contributed by atoms with Gasteiger partial charge >= 0.3 is 5.97 Å². The second kappa shape index (κ2) is 5.95. The van der Waals surface area contributed by atoms with Crippen molar-refractivity contribution in [1.29, 1.82) is 0 Å². The Balaban J connectivity index is 2.67. The summed E-state index contributed by atoms with van der Waals surface area (Å²) < 4.78 is 31.0. The van der Waals surface area contributed by atoms with Crippen LogP contribution in [0, 0.1) is 11.6 Å². The lowest BCUT2D eigenvalue weighted by Gasteiger charge is -2.06. The third-order valence-corrected chi connectivity index (χ3v) is 2.15. The van der Waals surface area contributed by atoms with Gasteiger partial charge in [0, 0.05) is 13.1 Å². The van der Waals surface area contributed by atoms with Crippen molar-refractivity contribution in [2.75, 3.05) is 19.4 Å². The Hall–Kier alpha value is -2.18. The Labute approximate surface area is 102 Å². The normalized spacial score (nSPS) is 9.94. The number of benzene rings is 1. The summed E-state index contributed by atoms with van der Waals surface area (Å²) in [5.74, 6) is -3.25. The SMILES string of the molecule is CNC(=O)CCOC(=O)c1cc(F)c(N)cc1F. The second-order valence-electron chi connectivity index (χ2n) is 3.41. The molecule has 0 radical (unpaired) electrons. The molecule has 0 saturated carbocycles. The topological polar surface area (TPSA) is 81.4 Å². The summed E-state index contributed by atoms with van der Waals surface area (Å²) in [7, 11) is 1.43. The molecule has 1 amide bonds. The number of amides is 1. The Bertz CT molecular complexity index is 478. The lowest BCUT2D eigenvalue weighted by Crippen LogP contribution is -2.20. The van der Waals surface area contributed by atoms with Gasteiger partial charge in [0.2, 0.25) is 5.91 Å². The fourth-order valence-corrected chi connectivity index (χ4v) is 1.16. The summed E-state index contributed by atoms with van der Waals surface area (Å²) in [5, 5.41) is 2.33. The number of carbonyl (C=O) groups excluding carboxylic acids is 2. The fourth-order valence-electron chi connectivity index (χ4n) is 1.16.